The van der Waals surface area contributed by atoms with E-state index in [9.17, 15) is 0 Å². The second-order valence-corrected chi connectivity index (χ2v) is 8.84. The first-order valence-electron chi connectivity index (χ1n) is 11.7. The van der Waals surface area contributed by atoms with E-state index in [2.05, 4.69) is 45.6 Å². The van der Waals surface area contributed by atoms with Gasteiger partial charge in [-0.2, -0.15) is 5.10 Å². The summed E-state index contributed by atoms with van der Waals surface area (Å²) in [6.07, 6.45) is 5.42. The molecule has 5 rings (SSSR count). The summed E-state index contributed by atoms with van der Waals surface area (Å²) in [6, 6.07) is 8.42. The number of rotatable bonds is 5. The Bertz CT molecular complexity index is 1090. The highest BCUT2D eigenvalue weighted by Gasteiger charge is 2.24. The van der Waals surface area contributed by atoms with Gasteiger partial charge in [-0.1, -0.05) is 0 Å². The van der Waals surface area contributed by atoms with E-state index in [0.29, 0.717) is 19.1 Å². The maximum absolute atomic E-state index is 5.80. The second kappa shape index (κ2) is 9.59. The molecule has 174 valence electrons. The van der Waals surface area contributed by atoms with Crippen molar-refractivity contribution in [3.05, 3.63) is 53.6 Å². The molecular weight excluding hydrogens is 416 g/mol. The Hall–Kier alpha value is -2.81. The number of likely N-dealkylation sites (N-methyl/N-ethyl adjacent to an activating group) is 1. The van der Waals surface area contributed by atoms with Gasteiger partial charge in [-0.25, -0.2) is 9.67 Å². The molecule has 3 aromatic heterocycles. The molecule has 0 N–H and O–H groups in total. The fourth-order valence-electron chi connectivity index (χ4n) is 4.73. The van der Waals surface area contributed by atoms with Crippen LogP contribution in [0.25, 0.3) is 16.9 Å². The molecule has 3 aromatic rings. The van der Waals surface area contributed by atoms with Gasteiger partial charge < -0.3 is 14.4 Å². The van der Waals surface area contributed by atoms with Crippen LogP contribution in [0.1, 0.15) is 29.9 Å². The van der Waals surface area contributed by atoms with Gasteiger partial charge in [0.2, 0.25) is 5.88 Å². The van der Waals surface area contributed by atoms with E-state index in [-0.39, 0.29) is 6.04 Å². The first-order valence-corrected chi connectivity index (χ1v) is 11.7. The standard InChI is InChI=1S/C25H32N6O2/c1-18(30-12-10-29(2)11-13-30)22-16-20(6-9-26-22)31-23-8-15-33-14-7-21(23)25(28-31)19-4-5-24(32-3)27-17-19/h4-6,9,16-18H,7-8,10-15H2,1-3H3. The predicted octanol–water partition coefficient (Wildman–Crippen LogP) is 2.76. The number of aromatic nitrogens is 4. The maximum Gasteiger partial charge on any atom is 0.212 e. The van der Waals surface area contributed by atoms with Gasteiger partial charge in [0.25, 0.3) is 0 Å². The third kappa shape index (κ3) is 4.51. The zero-order chi connectivity index (χ0) is 22.8. The average Bonchev–Trinajstić information content (AvgIpc) is 3.04. The van der Waals surface area contributed by atoms with E-state index in [0.717, 1.165) is 61.7 Å². The predicted molar refractivity (Wildman–Crippen MR) is 127 cm³/mol. The zero-order valence-electron chi connectivity index (χ0n) is 19.7. The molecule has 1 saturated heterocycles. The third-order valence-corrected chi connectivity index (χ3v) is 6.81. The van der Waals surface area contributed by atoms with E-state index >= 15 is 0 Å². The molecule has 0 amide bonds. The molecule has 2 aliphatic rings. The Balaban J connectivity index is 1.51. The summed E-state index contributed by atoms with van der Waals surface area (Å²) in [5, 5.41) is 5.08. The molecule has 0 aliphatic carbocycles. The Kier molecular flexibility index (Phi) is 6.39. The number of nitrogens with zero attached hydrogens (tertiary/aromatic N) is 6. The highest BCUT2D eigenvalue weighted by Crippen LogP contribution is 2.31. The van der Waals surface area contributed by atoms with E-state index in [1.54, 1.807) is 7.11 Å². The first kappa shape index (κ1) is 22.0. The van der Waals surface area contributed by atoms with Crippen LogP contribution in [0.3, 0.4) is 0 Å². The second-order valence-electron chi connectivity index (χ2n) is 8.84. The van der Waals surface area contributed by atoms with E-state index < -0.39 is 0 Å². The van der Waals surface area contributed by atoms with Gasteiger partial charge in [-0.15, -0.1) is 0 Å². The average molecular weight is 449 g/mol. The molecule has 1 atom stereocenters. The van der Waals surface area contributed by atoms with Crippen molar-refractivity contribution >= 4 is 0 Å². The number of ether oxygens (including phenoxy) is 2. The van der Waals surface area contributed by atoms with E-state index in [1.165, 1.54) is 11.3 Å². The Morgan fingerprint density at radius 2 is 1.85 bits per heavy atom. The minimum absolute atomic E-state index is 0.265. The number of piperazine rings is 1. The van der Waals surface area contributed by atoms with Gasteiger partial charge in [0.05, 0.1) is 43.1 Å². The van der Waals surface area contributed by atoms with Crippen molar-refractivity contribution in [2.45, 2.75) is 25.8 Å². The van der Waals surface area contributed by atoms with Crippen molar-refractivity contribution in [2.24, 2.45) is 0 Å². The van der Waals surface area contributed by atoms with Crippen LogP contribution < -0.4 is 4.74 Å². The number of fused-ring (bicyclic) bond motifs is 1. The largest absolute Gasteiger partial charge is 0.481 e. The summed E-state index contributed by atoms with van der Waals surface area (Å²) in [5.41, 5.74) is 6.54. The topological polar surface area (TPSA) is 68.5 Å². The van der Waals surface area contributed by atoms with Crippen molar-refractivity contribution < 1.29 is 9.47 Å². The molecule has 2 aliphatic heterocycles. The Morgan fingerprint density at radius 3 is 2.61 bits per heavy atom. The monoisotopic (exact) mass is 448 g/mol. The summed E-state index contributed by atoms with van der Waals surface area (Å²) in [5.74, 6) is 0.601. The highest BCUT2D eigenvalue weighted by atomic mass is 16.5. The quantitative estimate of drug-likeness (QED) is 0.595. The lowest BCUT2D eigenvalue weighted by Crippen LogP contribution is -2.45. The van der Waals surface area contributed by atoms with Crippen LogP contribution >= 0.6 is 0 Å². The summed E-state index contributed by atoms with van der Waals surface area (Å²) in [7, 11) is 3.81. The molecule has 1 unspecified atom stereocenters. The van der Waals surface area contributed by atoms with Gasteiger partial charge in [-0.05, 0) is 38.6 Å². The van der Waals surface area contributed by atoms with Crippen molar-refractivity contribution in [1.82, 2.24) is 29.5 Å². The van der Waals surface area contributed by atoms with Crippen LogP contribution in [0.5, 0.6) is 5.88 Å². The van der Waals surface area contributed by atoms with Gasteiger partial charge in [0.1, 0.15) is 0 Å². The van der Waals surface area contributed by atoms with E-state index in [4.69, 9.17) is 19.6 Å². The number of pyridine rings is 2. The first-order chi connectivity index (χ1) is 16.1. The van der Waals surface area contributed by atoms with Crippen LogP contribution in [0, 0.1) is 0 Å². The summed E-state index contributed by atoms with van der Waals surface area (Å²) >= 11 is 0. The molecule has 5 heterocycles. The molecule has 0 spiro atoms. The van der Waals surface area contributed by atoms with Crippen molar-refractivity contribution in [3.8, 4) is 22.8 Å². The highest BCUT2D eigenvalue weighted by molar-refractivity contribution is 5.65. The molecule has 0 radical (unpaired) electrons. The summed E-state index contributed by atoms with van der Waals surface area (Å²) < 4.78 is 13.1. The lowest BCUT2D eigenvalue weighted by atomic mass is 10.0. The zero-order valence-corrected chi connectivity index (χ0v) is 19.7. The summed E-state index contributed by atoms with van der Waals surface area (Å²) in [4.78, 5) is 14.0. The van der Waals surface area contributed by atoms with Crippen molar-refractivity contribution in [2.75, 3.05) is 53.6 Å². The smallest absolute Gasteiger partial charge is 0.212 e. The van der Waals surface area contributed by atoms with Crippen LogP contribution in [0.2, 0.25) is 0 Å². The van der Waals surface area contributed by atoms with Crippen LogP contribution in [-0.2, 0) is 17.6 Å². The van der Waals surface area contributed by atoms with Crippen LogP contribution in [0.4, 0.5) is 0 Å². The van der Waals surface area contributed by atoms with E-state index in [1.807, 2.05) is 24.5 Å². The molecule has 1 fully saturated rings. The lowest BCUT2D eigenvalue weighted by Gasteiger charge is -2.36. The molecule has 0 saturated carbocycles. The normalized spacial score (nSPS) is 18.5. The number of hydrogen-bond donors (Lipinski definition) is 0. The summed E-state index contributed by atoms with van der Waals surface area (Å²) in [6.45, 7) is 7.97. The third-order valence-electron chi connectivity index (χ3n) is 6.81. The molecular formula is C25H32N6O2. The Labute approximate surface area is 195 Å². The molecule has 0 bridgehead atoms. The minimum Gasteiger partial charge on any atom is -0.481 e. The SMILES string of the molecule is COc1ccc(-c2nn(-c3ccnc(C(C)N4CCN(C)CC4)c3)c3c2CCOCC3)cn1. The van der Waals surface area contributed by atoms with Gasteiger partial charge in [0, 0.05) is 68.2 Å². The molecule has 0 aromatic carbocycles. The number of methoxy groups -OCH3 is 1. The maximum atomic E-state index is 5.80. The van der Waals surface area contributed by atoms with Gasteiger partial charge in [0.15, 0.2) is 0 Å². The Morgan fingerprint density at radius 1 is 1.03 bits per heavy atom. The molecule has 33 heavy (non-hydrogen) atoms. The lowest BCUT2D eigenvalue weighted by molar-refractivity contribution is 0.117. The molecule has 8 heteroatoms. The van der Waals surface area contributed by atoms with Crippen molar-refractivity contribution in [1.29, 1.82) is 0 Å². The number of hydrogen-bond acceptors (Lipinski definition) is 7. The van der Waals surface area contributed by atoms with Gasteiger partial charge >= 0.3 is 0 Å². The van der Waals surface area contributed by atoms with Crippen LogP contribution in [0.15, 0.2) is 36.7 Å². The molecule has 8 nitrogen and oxygen atoms in total. The minimum atomic E-state index is 0.265. The van der Waals surface area contributed by atoms with Crippen LogP contribution in [-0.4, -0.2) is 83.1 Å². The fourth-order valence-corrected chi connectivity index (χ4v) is 4.73. The fraction of sp³-hybridized carbons (Fsp3) is 0.480. The van der Waals surface area contributed by atoms with Gasteiger partial charge in [-0.3, -0.25) is 9.88 Å². The van der Waals surface area contributed by atoms with Crippen molar-refractivity contribution in [3.63, 3.8) is 0 Å².